The standard InChI is InChI=1S/C25H38NO2P/c1-8-25(6,22-16-19(4)14-15-23(22)28-18-27-7)29-24-20(5)12-11-13-21(24)17-26(9-2)10-3/h11-16,29H,8-10,17-18H2,1-7H3. The van der Waals surface area contributed by atoms with Crippen molar-refractivity contribution in [1.82, 2.24) is 4.90 Å². The van der Waals surface area contributed by atoms with Crippen molar-refractivity contribution in [2.75, 3.05) is 27.0 Å². The zero-order chi connectivity index (χ0) is 21.4. The highest BCUT2D eigenvalue weighted by Gasteiger charge is 2.30. The van der Waals surface area contributed by atoms with Crippen LogP contribution in [0.15, 0.2) is 36.4 Å². The van der Waals surface area contributed by atoms with Gasteiger partial charge in [0.1, 0.15) is 5.75 Å². The summed E-state index contributed by atoms with van der Waals surface area (Å²) in [6.07, 6.45) is 1.05. The zero-order valence-electron chi connectivity index (χ0n) is 19.3. The van der Waals surface area contributed by atoms with E-state index in [1.807, 2.05) is 0 Å². The number of ether oxygens (including phenoxy) is 2. The van der Waals surface area contributed by atoms with Gasteiger partial charge in [0.05, 0.1) is 0 Å². The molecule has 2 aromatic carbocycles. The monoisotopic (exact) mass is 415 g/mol. The third kappa shape index (κ3) is 6.04. The number of hydrogen-bond acceptors (Lipinski definition) is 3. The Balaban J connectivity index is 2.47. The predicted octanol–water partition coefficient (Wildman–Crippen LogP) is 5.76. The molecule has 0 N–H and O–H groups in total. The molecule has 2 unspecified atom stereocenters. The lowest BCUT2D eigenvalue weighted by Crippen LogP contribution is -2.27. The second kappa shape index (κ2) is 11.1. The summed E-state index contributed by atoms with van der Waals surface area (Å²) >= 11 is 0. The Morgan fingerprint density at radius 2 is 1.76 bits per heavy atom. The van der Waals surface area contributed by atoms with Gasteiger partial charge in [-0.2, -0.15) is 0 Å². The van der Waals surface area contributed by atoms with Crippen LogP contribution in [0.25, 0.3) is 0 Å². The maximum atomic E-state index is 5.96. The van der Waals surface area contributed by atoms with E-state index >= 15 is 0 Å². The van der Waals surface area contributed by atoms with Crippen molar-refractivity contribution in [2.45, 2.75) is 59.7 Å². The topological polar surface area (TPSA) is 21.7 Å². The van der Waals surface area contributed by atoms with Crippen LogP contribution in [-0.4, -0.2) is 31.9 Å². The molecule has 0 radical (unpaired) electrons. The Kier molecular flexibility index (Phi) is 9.14. The Bertz CT molecular complexity index is 788. The summed E-state index contributed by atoms with van der Waals surface area (Å²) in [5.74, 6) is 0.938. The van der Waals surface area contributed by atoms with E-state index in [0.29, 0.717) is 8.58 Å². The van der Waals surface area contributed by atoms with Gasteiger partial charge in [0.2, 0.25) is 0 Å². The van der Waals surface area contributed by atoms with Crippen LogP contribution in [0.1, 0.15) is 56.4 Å². The molecule has 0 aliphatic carbocycles. The molecule has 0 aromatic heterocycles. The largest absolute Gasteiger partial charge is 0.467 e. The molecule has 0 spiro atoms. The minimum atomic E-state index is 0.0131. The van der Waals surface area contributed by atoms with Crippen LogP contribution < -0.4 is 10.0 Å². The van der Waals surface area contributed by atoms with Gasteiger partial charge in [0.25, 0.3) is 0 Å². The first-order chi connectivity index (χ1) is 13.9. The van der Waals surface area contributed by atoms with Crippen LogP contribution >= 0.6 is 8.58 Å². The molecule has 2 rings (SSSR count). The Hall–Kier alpha value is -1.41. The quantitative estimate of drug-likeness (QED) is 0.344. The summed E-state index contributed by atoms with van der Waals surface area (Å²) in [6, 6.07) is 13.3. The van der Waals surface area contributed by atoms with Crippen molar-refractivity contribution in [1.29, 1.82) is 0 Å². The van der Waals surface area contributed by atoms with Crippen molar-refractivity contribution in [2.24, 2.45) is 0 Å². The van der Waals surface area contributed by atoms with E-state index in [-0.39, 0.29) is 11.9 Å². The van der Waals surface area contributed by atoms with E-state index in [0.717, 1.165) is 31.8 Å². The molecule has 0 amide bonds. The highest BCUT2D eigenvalue weighted by molar-refractivity contribution is 7.48. The molecular weight excluding hydrogens is 377 g/mol. The number of nitrogens with zero attached hydrogens (tertiary/aromatic N) is 1. The van der Waals surface area contributed by atoms with Crippen molar-refractivity contribution in [3.63, 3.8) is 0 Å². The molecule has 29 heavy (non-hydrogen) atoms. The maximum Gasteiger partial charge on any atom is 0.188 e. The molecule has 0 heterocycles. The lowest BCUT2D eigenvalue weighted by Gasteiger charge is -2.33. The summed E-state index contributed by atoms with van der Waals surface area (Å²) < 4.78 is 11.1. The number of hydrogen-bond donors (Lipinski definition) is 0. The van der Waals surface area contributed by atoms with Gasteiger partial charge in [-0.25, -0.2) is 0 Å². The lowest BCUT2D eigenvalue weighted by molar-refractivity contribution is 0.0500. The van der Waals surface area contributed by atoms with Gasteiger partial charge < -0.3 is 9.47 Å². The summed E-state index contributed by atoms with van der Waals surface area (Å²) in [7, 11) is 2.34. The van der Waals surface area contributed by atoms with Gasteiger partial charge in [-0.3, -0.25) is 4.90 Å². The SMILES string of the molecule is CCN(CC)Cc1cccc(C)c1PC(C)(CC)c1cc(C)ccc1OCOC. The van der Waals surface area contributed by atoms with Crippen molar-refractivity contribution >= 4 is 13.9 Å². The van der Waals surface area contributed by atoms with E-state index in [2.05, 4.69) is 82.8 Å². The molecule has 3 nitrogen and oxygen atoms in total. The average Bonchev–Trinajstić information content (AvgIpc) is 2.73. The summed E-state index contributed by atoms with van der Waals surface area (Å²) in [6.45, 7) is 17.0. The van der Waals surface area contributed by atoms with Gasteiger partial charge in [-0.1, -0.05) is 72.2 Å². The average molecular weight is 416 g/mol. The summed E-state index contributed by atoms with van der Waals surface area (Å²) in [4.78, 5) is 2.49. The third-order valence-electron chi connectivity index (χ3n) is 5.82. The summed E-state index contributed by atoms with van der Waals surface area (Å²) in [5, 5.41) is 1.52. The molecule has 0 saturated carbocycles. The Morgan fingerprint density at radius 3 is 2.38 bits per heavy atom. The zero-order valence-corrected chi connectivity index (χ0v) is 20.3. The molecule has 2 aromatic rings. The van der Waals surface area contributed by atoms with Gasteiger partial charge in [-0.15, -0.1) is 0 Å². The molecule has 0 bridgehead atoms. The van der Waals surface area contributed by atoms with Gasteiger partial charge in [0, 0.05) is 24.4 Å². The predicted molar refractivity (Wildman–Crippen MR) is 127 cm³/mol. The third-order valence-corrected chi connectivity index (χ3v) is 7.96. The molecule has 0 aliphatic heterocycles. The van der Waals surface area contributed by atoms with Gasteiger partial charge in [0.15, 0.2) is 6.79 Å². The smallest absolute Gasteiger partial charge is 0.188 e. The first-order valence-corrected chi connectivity index (χ1v) is 11.7. The number of methoxy groups -OCH3 is 1. The van der Waals surface area contributed by atoms with Crippen LogP contribution in [0.5, 0.6) is 5.75 Å². The molecule has 160 valence electrons. The van der Waals surface area contributed by atoms with E-state index < -0.39 is 0 Å². The molecule has 4 heteroatoms. The lowest BCUT2D eigenvalue weighted by atomic mass is 9.95. The van der Waals surface area contributed by atoms with Crippen LogP contribution in [0.4, 0.5) is 0 Å². The molecule has 0 saturated heterocycles. The highest BCUT2D eigenvalue weighted by atomic mass is 31.1. The minimum Gasteiger partial charge on any atom is -0.467 e. The molecule has 0 aliphatic rings. The second-order valence-electron chi connectivity index (χ2n) is 7.93. The van der Waals surface area contributed by atoms with Crippen molar-refractivity contribution in [3.8, 4) is 5.75 Å². The maximum absolute atomic E-state index is 5.96. The van der Waals surface area contributed by atoms with Crippen LogP contribution in [0, 0.1) is 13.8 Å². The molecule has 0 fully saturated rings. The Morgan fingerprint density at radius 1 is 1.03 bits per heavy atom. The first-order valence-electron chi connectivity index (χ1n) is 10.7. The van der Waals surface area contributed by atoms with Gasteiger partial charge >= 0.3 is 0 Å². The normalized spacial score (nSPS) is 13.9. The molecular formula is C25H38NO2P. The fourth-order valence-electron chi connectivity index (χ4n) is 3.67. The van der Waals surface area contributed by atoms with E-state index in [9.17, 15) is 0 Å². The van der Waals surface area contributed by atoms with Crippen LogP contribution in [-0.2, 0) is 16.4 Å². The molecule has 2 atom stereocenters. The number of benzene rings is 2. The number of rotatable bonds is 11. The van der Waals surface area contributed by atoms with E-state index in [4.69, 9.17) is 9.47 Å². The number of aryl methyl sites for hydroxylation is 2. The Labute approximate surface area is 179 Å². The van der Waals surface area contributed by atoms with E-state index in [1.165, 1.54) is 27.6 Å². The van der Waals surface area contributed by atoms with Crippen LogP contribution in [0.2, 0.25) is 0 Å². The van der Waals surface area contributed by atoms with Crippen molar-refractivity contribution in [3.05, 3.63) is 58.7 Å². The highest BCUT2D eigenvalue weighted by Crippen LogP contribution is 2.48. The van der Waals surface area contributed by atoms with Crippen molar-refractivity contribution < 1.29 is 9.47 Å². The second-order valence-corrected chi connectivity index (χ2v) is 9.79. The van der Waals surface area contributed by atoms with E-state index in [1.54, 1.807) is 7.11 Å². The fourth-order valence-corrected chi connectivity index (χ4v) is 5.33. The first kappa shape index (κ1) is 23.9. The summed E-state index contributed by atoms with van der Waals surface area (Å²) in [5.41, 5.74) is 5.40. The fraction of sp³-hybridized carbons (Fsp3) is 0.520. The van der Waals surface area contributed by atoms with Crippen LogP contribution in [0.3, 0.4) is 0 Å². The van der Waals surface area contributed by atoms with Gasteiger partial charge in [-0.05, 0) is 55.9 Å². The minimum absolute atomic E-state index is 0.0131.